The molecule has 1 amide bonds. The van der Waals surface area contributed by atoms with E-state index >= 15 is 0 Å². The summed E-state index contributed by atoms with van der Waals surface area (Å²) in [5.41, 5.74) is 1.01. The van der Waals surface area contributed by atoms with Gasteiger partial charge in [-0.1, -0.05) is 12.2 Å². The van der Waals surface area contributed by atoms with Crippen molar-refractivity contribution in [3.05, 3.63) is 46.8 Å². The molecule has 0 spiro atoms. The summed E-state index contributed by atoms with van der Waals surface area (Å²) in [5.74, 6) is 1.10. The maximum Gasteiger partial charge on any atom is 0.258 e. The zero-order valence-corrected chi connectivity index (χ0v) is 10.9. The van der Waals surface area contributed by atoms with Crippen LogP contribution in [0.3, 0.4) is 0 Å². The third kappa shape index (κ3) is 2.68. The molecular weight excluding hydrogens is 260 g/mol. The number of pyridine rings is 1. The van der Waals surface area contributed by atoms with Crippen molar-refractivity contribution in [3.8, 4) is 0 Å². The maximum absolute atomic E-state index is 12.0. The van der Waals surface area contributed by atoms with Crippen LogP contribution in [0.15, 0.2) is 30.7 Å². The molecule has 96 valence electrons. The molecule has 1 fully saturated rings. The molecule has 2 heterocycles. The summed E-state index contributed by atoms with van der Waals surface area (Å²) >= 11 is 5.06. The molecule has 3 rings (SSSR count). The largest absolute Gasteiger partial charge is 0.352 e. The van der Waals surface area contributed by atoms with Crippen LogP contribution in [0, 0.1) is 4.64 Å². The van der Waals surface area contributed by atoms with Gasteiger partial charge in [-0.05, 0) is 25.0 Å². The Morgan fingerprint density at radius 3 is 2.74 bits per heavy atom. The monoisotopic (exact) mass is 272 g/mol. The maximum atomic E-state index is 12.0. The summed E-state index contributed by atoms with van der Waals surface area (Å²) in [4.78, 5) is 23.3. The first-order chi connectivity index (χ1) is 9.24. The third-order valence-corrected chi connectivity index (χ3v) is 3.27. The number of H-pyrrole nitrogens is 1. The highest BCUT2D eigenvalue weighted by atomic mass is 32.1. The van der Waals surface area contributed by atoms with Crippen molar-refractivity contribution in [2.45, 2.75) is 18.8 Å². The molecule has 0 aliphatic heterocycles. The Labute approximate surface area is 115 Å². The third-order valence-electron chi connectivity index (χ3n) is 2.93. The fourth-order valence-electron chi connectivity index (χ4n) is 1.75. The molecule has 0 bridgehead atoms. The van der Waals surface area contributed by atoms with Gasteiger partial charge >= 0.3 is 0 Å². The lowest BCUT2D eigenvalue weighted by atomic mass is 10.2. The van der Waals surface area contributed by atoms with Crippen LogP contribution < -0.4 is 5.32 Å². The molecule has 0 unspecified atom stereocenters. The first-order valence-corrected chi connectivity index (χ1v) is 6.46. The van der Waals surface area contributed by atoms with E-state index in [1.54, 1.807) is 30.7 Å². The molecule has 2 aromatic rings. The zero-order valence-electron chi connectivity index (χ0n) is 10.1. The van der Waals surface area contributed by atoms with Crippen LogP contribution in [-0.2, 0) is 0 Å². The van der Waals surface area contributed by atoms with E-state index in [1.807, 2.05) is 0 Å². The van der Waals surface area contributed by atoms with Gasteiger partial charge in [0.25, 0.3) is 5.91 Å². The molecule has 1 saturated carbocycles. The Bertz CT molecular complexity index is 661. The van der Waals surface area contributed by atoms with Gasteiger partial charge in [-0.25, -0.2) is 9.97 Å². The first-order valence-electron chi connectivity index (χ1n) is 6.05. The number of anilines is 1. The Morgan fingerprint density at radius 2 is 2.11 bits per heavy atom. The highest BCUT2D eigenvalue weighted by Gasteiger charge is 2.26. The van der Waals surface area contributed by atoms with E-state index in [-0.39, 0.29) is 5.91 Å². The Balaban J connectivity index is 1.75. The summed E-state index contributed by atoms with van der Waals surface area (Å²) in [6.45, 7) is 0. The average Bonchev–Trinajstić information content (AvgIpc) is 3.24. The molecule has 0 atom stereocenters. The number of amides is 1. The van der Waals surface area contributed by atoms with Gasteiger partial charge in [0.05, 0.1) is 23.6 Å². The molecule has 1 aliphatic rings. The predicted molar refractivity (Wildman–Crippen MR) is 73.6 cm³/mol. The van der Waals surface area contributed by atoms with E-state index in [4.69, 9.17) is 12.2 Å². The molecular formula is C13H12N4OS. The van der Waals surface area contributed by atoms with Crippen LogP contribution in [0.5, 0.6) is 0 Å². The number of nitrogens with one attached hydrogen (secondary N) is 2. The summed E-state index contributed by atoms with van der Waals surface area (Å²) < 4.78 is 0.413. The highest BCUT2D eigenvalue weighted by Crippen LogP contribution is 2.37. The minimum Gasteiger partial charge on any atom is -0.352 e. The lowest BCUT2D eigenvalue weighted by Crippen LogP contribution is -2.13. The molecule has 0 radical (unpaired) electrons. The molecule has 1 aliphatic carbocycles. The van der Waals surface area contributed by atoms with Gasteiger partial charge < -0.3 is 10.3 Å². The topological polar surface area (TPSA) is 70.7 Å². The van der Waals surface area contributed by atoms with Crippen molar-refractivity contribution in [2.75, 3.05) is 5.32 Å². The molecule has 0 saturated heterocycles. The van der Waals surface area contributed by atoms with E-state index in [2.05, 4.69) is 20.3 Å². The predicted octanol–water partition coefficient (Wildman–Crippen LogP) is 2.66. The van der Waals surface area contributed by atoms with Gasteiger partial charge in [0.15, 0.2) is 0 Å². The minimum atomic E-state index is -0.260. The molecule has 2 aromatic heterocycles. The van der Waals surface area contributed by atoms with Gasteiger partial charge in [0.2, 0.25) is 0 Å². The molecule has 6 heteroatoms. The number of hydrogen-bond acceptors (Lipinski definition) is 4. The molecule has 5 nitrogen and oxygen atoms in total. The summed E-state index contributed by atoms with van der Waals surface area (Å²) in [6.07, 6.45) is 7.27. The second kappa shape index (κ2) is 4.89. The quantitative estimate of drug-likeness (QED) is 0.843. The second-order valence-corrected chi connectivity index (χ2v) is 4.88. The smallest absolute Gasteiger partial charge is 0.258 e. The lowest BCUT2D eigenvalue weighted by molar-refractivity contribution is 0.102. The number of aromatic nitrogens is 3. The van der Waals surface area contributed by atoms with Crippen molar-refractivity contribution in [1.29, 1.82) is 0 Å². The number of aromatic amines is 1. The summed E-state index contributed by atoms with van der Waals surface area (Å²) in [5, 5.41) is 2.73. The minimum absolute atomic E-state index is 0.260. The van der Waals surface area contributed by atoms with Crippen LogP contribution in [0.1, 0.15) is 34.9 Å². The van der Waals surface area contributed by atoms with E-state index in [9.17, 15) is 4.79 Å². The van der Waals surface area contributed by atoms with Gasteiger partial charge in [0.1, 0.15) is 10.5 Å². The van der Waals surface area contributed by atoms with Crippen LogP contribution >= 0.6 is 12.2 Å². The number of nitrogens with zero attached hydrogens (tertiary/aromatic N) is 2. The van der Waals surface area contributed by atoms with Gasteiger partial charge in [0, 0.05) is 12.1 Å². The molecule has 0 aromatic carbocycles. The number of carbonyl (C=O) groups is 1. The van der Waals surface area contributed by atoms with Gasteiger partial charge in [-0.2, -0.15) is 0 Å². The van der Waals surface area contributed by atoms with Crippen LogP contribution in [-0.4, -0.2) is 20.9 Å². The summed E-state index contributed by atoms with van der Waals surface area (Å²) in [7, 11) is 0. The Kier molecular flexibility index (Phi) is 3.08. The Hall–Kier alpha value is -2.08. The normalized spacial score (nSPS) is 14.1. The number of hydrogen-bond donors (Lipinski definition) is 2. The number of rotatable bonds is 3. The van der Waals surface area contributed by atoms with Crippen LogP contribution in [0.2, 0.25) is 0 Å². The molecule has 19 heavy (non-hydrogen) atoms. The standard InChI is InChI=1S/C13H12N4OS/c18-12(10-2-1-5-14-13(10)19)17-9-6-15-11(16-7-9)8-3-4-8/h1-2,5-8H,3-4H2,(H,14,19)(H,17,18). The fourth-order valence-corrected chi connectivity index (χ4v) is 1.98. The average molecular weight is 272 g/mol. The van der Waals surface area contributed by atoms with Gasteiger partial charge in [-0.15, -0.1) is 0 Å². The molecule has 2 N–H and O–H groups in total. The van der Waals surface area contributed by atoms with E-state index in [1.165, 1.54) is 0 Å². The second-order valence-electron chi connectivity index (χ2n) is 4.47. The number of carbonyl (C=O) groups excluding carboxylic acids is 1. The van der Waals surface area contributed by atoms with E-state index in [0.717, 1.165) is 18.7 Å². The Morgan fingerprint density at radius 1 is 1.37 bits per heavy atom. The summed E-state index contributed by atoms with van der Waals surface area (Å²) in [6, 6.07) is 3.41. The van der Waals surface area contributed by atoms with Crippen molar-refractivity contribution >= 4 is 23.8 Å². The van der Waals surface area contributed by atoms with Crippen molar-refractivity contribution in [2.24, 2.45) is 0 Å². The first kappa shape index (κ1) is 12.0. The van der Waals surface area contributed by atoms with Crippen molar-refractivity contribution < 1.29 is 4.79 Å². The van der Waals surface area contributed by atoms with Crippen molar-refractivity contribution in [1.82, 2.24) is 15.0 Å². The van der Waals surface area contributed by atoms with Crippen molar-refractivity contribution in [3.63, 3.8) is 0 Å². The lowest BCUT2D eigenvalue weighted by Gasteiger charge is -2.05. The van der Waals surface area contributed by atoms with Crippen LogP contribution in [0.4, 0.5) is 5.69 Å². The zero-order chi connectivity index (χ0) is 13.2. The fraction of sp³-hybridized carbons (Fsp3) is 0.231. The van der Waals surface area contributed by atoms with Gasteiger partial charge in [-0.3, -0.25) is 4.79 Å². The SMILES string of the molecule is O=C(Nc1cnc(C2CC2)nc1)c1ccc[nH]c1=S. The highest BCUT2D eigenvalue weighted by molar-refractivity contribution is 7.71. The van der Waals surface area contributed by atoms with Crippen LogP contribution in [0.25, 0.3) is 0 Å². The van der Waals surface area contributed by atoms with E-state index in [0.29, 0.717) is 21.8 Å². The van der Waals surface area contributed by atoms with E-state index < -0.39 is 0 Å².